The van der Waals surface area contributed by atoms with E-state index in [4.69, 9.17) is 12.9 Å². The molecule has 0 aromatic heterocycles. The molecule has 5 aromatic rings. The third-order valence-electron chi connectivity index (χ3n) is 6.51. The van der Waals surface area contributed by atoms with Gasteiger partial charge in [0, 0.05) is 6.42 Å². The molecule has 0 saturated carbocycles. The van der Waals surface area contributed by atoms with Crippen LogP contribution in [0.4, 0.5) is 5.69 Å². The fraction of sp³-hybridized carbons (Fsp3) is 0.125. The van der Waals surface area contributed by atoms with Crippen LogP contribution in [0.2, 0.25) is 0 Å². The summed E-state index contributed by atoms with van der Waals surface area (Å²) in [6.45, 7) is 1.18. The number of benzene rings is 5. The minimum atomic E-state index is -5.14. The summed E-state index contributed by atoms with van der Waals surface area (Å²) >= 11 is -5.14. The van der Waals surface area contributed by atoms with Gasteiger partial charge in [0.15, 0.2) is 0 Å². The number of aromatic hydroxyl groups is 1. The molecule has 0 aliphatic carbocycles. The van der Waals surface area contributed by atoms with Crippen LogP contribution in [0, 0.1) is 0 Å². The molecule has 9 heteroatoms. The molecule has 0 saturated heterocycles. The van der Waals surface area contributed by atoms with Crippen molar-refractivity contribution in [3.05, 3.63) is 103 Å². The van der Waals surface area contributed by atoms with Crippen molar-refractivity contribution in [3.8, 4) is 16.9 Å². The first kappa shape index (κ1) is 29.6. The Morgan fingerprint density at radius 3 is 2.10 bits per heavy atom. The van der Waals surface area contributed by atoms with E-state index in [1.54, 1.807) is 0 Å². The molecule has 8 nitrogen and oxygen atoms in total. The molecule has 0 atom stereocenters. The number of amides is 1. The van der Waals surface area contributed by atoms with Gasteiger partial charge in [-0.1, -0.05) is 72.8 Å². The number of hydrogen-bond donors (Lipinski definition) is 4. The van der Waals surface area contributed by atoms with Gasteiger partial charge in [-0.05, 0) is 50.7 Å². The third-order valence-corrected chi connectivity index (χ3v) is 8.61. The number of hydrogen-bond acceptors (Lipinski definition) is 5. The summed E-state index contributed by atoms with van der Waals surface area (Å²) in [4.78, 5) is 22.1. The van der Waals surface area contributed by atoms with E-state index >= 15 is 0 Å². The van der Waals surface area contributed by atoms with E-state index in [1.165, 1.54) is 64.9 Å². The molecule has 0 heterocycles. The van der Waals surface area contributed by atoms with Gasteiger partial charge < -0.3 is 4.74 Å². The van der Waals surface area contributed by atoms with E-state index in [2.05, 4.69) is 84.2 Å². The van der Waals surface area contributed by atoms with Crippen molar-refractivity contribution < 1.29 is 31.4 Å². The maximum Gasteiger partial charge on any atom is 0.305 e. The van der Waals surface area contributed by atoms with Crippen LogP contribution in [0.5, 0.6) is 5.75 Å². The molecule has 0 aliphatic rings. The molecule has 4 N–H and O–H groups in total. The van der Waals surface area contributed by atoms with Crippen molar-refractivity contribution in [1.82, 2.24) is 0 Å². The Morgan fingerprint density at radius 1 is 0.829 bits per heavy atom. The van der Waals surface area contributed by atoms with Gasteiger partial charge in [-0.2, -0.15) is 0 Å². The number of esters is 1. The molecule has 0 bridgehead atoms. The van der Waals surface area contributed by atoms with Gasteiger partial charge in [-0.3, -0.25) is 4.79 Å². The summed E-state index contributed by atoms with van der Waals surface area (Å²) in [5.41, 5.74) is 3.34. The van der Waals surface area contributed by atoms with Crippen LogP contribution in [-0.2, 0) is 24.5 Å². The summed E-state index contributed by atoms with van der Waals surface area (Å²) in [5, 5.41) is 16.6. The van der Waals surface area contributed by atoms with E-state index in [1.807, 2.05) is 0 Å². The number of para-hydroxylation sites is 1. The average molecular weight is 616 g/mol. The van der Waals surface area contributed by atoms with E-state index in [9.17, 15) is 18.4 Å². The predicted octanol–water partition coefficient (Wildman–Crippen LogP) is 4.68. The van der Waals surface area contributed by atoms with Crippen molar-refractivity contribution in [2.45, 2.75) is 19.8 Å². The number of nitrogens with one attached hydrogen (secondary N) is 1. The molecule has 0 aliphatic heterocycles. The van der Waals surface area contributed by atoms with Gasteiger partial charge >= 0.3 is 94.1 Å². The van der Waals surface area contributed by atoms with Crippen LogP contribution in [0.25, 0.3) is 32.7 Å². The maximum absolute atomic E-state index is 11.3. The van der Waals surface area contributed by atoms with Crippen molar-refractivity contribution in [2.24, 2.45) is 0 Å². The zero-order chi connectivity index (χ0) is 29.6. The molecule has 5 aromatic carbocycles. The maximum atomic E-state index is 11.3. The second-order valence-electron chi connectivity index (χ2n) is 9.36. The number of aryl methyl sites for hydroxylation is 1. The average Bonchev–Trinajstić information content (AvgIpc) is 2.96. The molecule has 41 heavy (non-hydrogen) atoms. The topological polar surface area (TPSA) is 133 Å². The van der Waals surface area contributed by atoms with Gasteiger partial charge in [-0.25, -0.2) is 0 Å². The SMILES string of the molecule is CC(=O)Nc1c(O)cccc1[As](=O)(O)O.COC(=O)CCc1ccc(-c2cc3ccccc3c3ccccc23)cc1. The quantitative estimate of drug-likeness (QED) is 0.0944. The molecule has 210 valence electrons. The summed E-state index contributed by atoms with van der Waals surface area (Å²) in [7, 11) is 1.43. The normalized spacial score (nSPS) is 11.0. The summed E-state index contributed by atoms with van der Waals surface area (Å²) in [5.74, 6) is -1.05. The number of fused-ring (bicyclic) bond motifs is 3. The second kappa shape index (κ2) is 12.9. The van der Waals surface area contributed by atoms with Gasteiger partial charge in [0.2, 0.25) is 0 Å². The van der Waals surface area contributed by atoms with Crippen LogP contribution in [-0.4, -0.2) is 46.5 Å². The van der Waals surface area contributed by atoms with Crippen molar-refractivity contribution in [1.29, 1.82) is 0 Å². The predicted molar refractivity (Wildman–Crippen MR) is 160 cm³/mol. The number of phenolic OH excluding ortho intramolecular Hbond substituents is 1. The fourth-order valence-corrected chi connectivity index (χ4v) is 6.12. The van der Waals surface area contributed by atoms with Gasteiger partial charge in [0.05, 0.1) is 7.11 Å². The van der Waals surface area contributed by atoms with E-state index in [0.717, 1.165) is 5.56 Å². The Kier molecular flexibility index (Phi) is 9.30. The number of ether oxygens (including phenoxy) is 1. The summed E-state index contributed by atoms with van der Waals surface area (Å²) in [6, 6.07) is 31.5. The van der Waals surface area contributed by atoms with Crippen LogP contribution in [0.15, 0.2) is 97.1 Å². The number of methoxy groups -OCH3 is 1. The molecule has 0 spiro atoms. The van der Waals surface area contributed by atoms with E-state index in [-0.39, 0.29) is 21.8 Å². The Hall–Kier alpha value is -4.36. The van der Waals surface area contributed by atoms with Crippen molar-refractivity contribution in [3.63, 3.8) is 0 Å². The largest absolute Gasteiger partial charge is 0.469 e. The first-order valence-electron chi connectivity index (χ1n) is 12.8. The Morgan fingerprint density at radius 2 is 1.46 bits per heavy atom. The summed E-state index contributed by atoms with van der Waals surface area (Å²) in [6.07, 6.45) is 1.11. The van der Waals surface area contributed by atoms with Gasteiger partial charge in [0.1, 0.15) is 0 Å². The van der Waals surface area contributed by atoms with Gasteiger partial charge in [-0.15, -0.1) is 0 Å². The first-order chi connectivity index (χ1) is 19.6. The van der Waals surface area contributed by atoms with Gasteiger partial charge in [0.25, 0.3) is 0 Å². The standard InChI is InChI=1S/C24H20O2.C8H10AsNO5/c1-26-24(25)15-12-17-10-13-18(14-11-17)23-16-19-6-2-3-7-20(19)21-8-4-5-9-22(21)23;1-5(11)10-8-6(9(13,14)15)3-2-4-7(8)12/h2-11,13-14,16H,12,15H2,1H3;2-4,12H,1H3,(H,10,11)(H2,13,14,15). The monoisotopic (exact) mass is 615 g/mol. The number of rotatable bonds is 6. The van der Waals surface area contributed by atoms with Crippen molar-refractivity contribution in [2.75, 3.05) is 12.4 Å². The molecule has 1 amide bonds. The first-order valence-corrected chi connectivity index (χ1v) is 16.2. The Bertz CT molecular complexity index is 1760. The fourth-order valence-electron chi connectivity index (χ4n) is 4.57. The molecule has 0 unspecified atom stereocenters. The molecular weight excluding hydrogens is 585 g/mol. The van der Waals surface area contributed by atoms with E-state index < -0.39 is 20.1 Å². The van der Waals surface area contributed by atoms with E-state index in [0.29, 0.717) is 12.8 Å². The minimum absolute atomic E-state index is 0.172. The molecular formula is C32H30AsNO7. The van der Waals surface area contributed by atoms with Crippen LogP contribution < -0.4 is 9.67 Å². The van der Waals surface area contributed by atoms with Crippen LogP contribution in [0.3, 0.4) is 0 Å². The second-order valence-corrected chi connectivity index (χ2v) is 12.7. The number of carbonyl (C=O) groups is 2. The minimum Gasteiger partial charge on any atom is -0.469 e. The van der Waals surface area contributed by atoms with Crippen molar-refractivity contribution >= 4 is 57.6 Å². The van der Waals surface area contributed by atoms with Crippen LogP contribution in [0.1, 0.15) is 18.9 Å². The molecule has 5 rings (SSSR count). The number of anilines is 1. The smallest absolute Gasteiger partial charge is 0.305 e. The summed E-state index contributed by atoms with van der Waals surface area (Å²) < 4.78 is 33.5. The third kappa shape index (κ3) is 7.24. The zero-order valence-corrected chi connectivity index (χ0v) is 24.5. The molecule has 0 fully saturated rings. The Balaban J connectivity index is 0.000000221. The molecule has 0 radical (unpaired) electrons. The number of carbonyl (C=O) groups excluding carboxylic acids is 2. The van der Waals surface area contributed by atoms with Crippen LogP contribution >= 0.6 is 0 Å². The number of phenols is 1. The zero-order valence-electron chi connectivity index (χ0n) is 22.6. The Labute approximate surface area is 240 Å².